The third-order valence-corrected chi connectivity index (χ3v) is 16.7. The van der Waals surface area contributed by atoms with Gasteiger partial charge in [0.25, 0.3) is 0 Å². The molecule has 13 aromatic carbocycles. The Morgan fingerprint density at radius 3 is 1.31 bits per heavy atom. The lowest BCUT2D eigenvalue weighted by Gasteiger charge is -2.31. The molecule has 1 aliphatic rings. The van der Waals surface area contributed by atoms with Crippen molar-refractivity contribution in [3.63, 3.8) is 0 Å². The Labute approximate surface area is 487 Å². The molecule has 0 bridgehead atoms. The molecule has 1 atom stereocenters. The molecule has 6 nitrogen and oxygen atoms in total. The molecule has 1 N–H and O–H groups in total. The highest BCUT2D eigenvalue weighted by molar-refractivity contribution is 6.14. The fraction of sp³-hybridized carbons (Fsp3) is 0.0128. The number of fused-ring (bicyclic) bond motifs is 8. The molecule has 1 unspecified atom stereocenters. The second kappa shape index (κ2) is 20.4. The van der Waals surface area contributed by atoms with Crippen molar-refractivity contribution in [2.75, 3.05) is 15.1 Å². The zero-order chi connectivity index (χ0) is 55.5. The van der Waals surface area contributed by atoms with Crippen LogP contribution in [0.1, 0.15) is 17.2 Å². The molecule has 0 saturated heterocycles. The summed E-state index contributed by atoms with van der Waals surface area (Å²) < 4.78 is 4.74. The van der Waals surface area contributed by atoms with Gasteiger partial charge in [-0.1, -0.05) is 182 Å². The van der Waals surface area contributed by atoms with Gasteiger partial charge in [0.2, 0.25) is 0 Å². The maximum Gasteiger partial charge on any atom is 0.0947 e. The monoisotopic (exact) mass is 1070 g/mol. The summed E-state index contributed by atoms with van der Waals surface area (Å²) >= 11 is 0. The van der Waals surface area contributed by atoms with Gasteiger partial charge in [-0.3, -0.25) is 0 Å². The summed E-state index contributed by atoms with van der Waals surface area (Å²) in [6.45, 7) is 0. The van der Waals surface area contributed by atoms with Gasteiger partial charge in [0, 0.05) is 72.6 Å². The van der Waals surface area contributed by atoms with Gasteiger partial charge in [-0.2, -0.15) is 0 Å². The van der Waals surface area contributed by atoms with E-state index in [0.29, 0.717) is 0 Å². The minimum absolute atomic E-state index is 0.292. The molecule has 396 valence electrons. The highest BCUT2D eigenvalue weighted by Gasteiger charge is 2.29. The zero-order valence-corrected chi connectivity index (χ0v) is 45.8. The van der Waals surface area contributed by atoms with Crippen LogP contribution in [0.25, 0.3) is 76.9 Å². The summed E-state index contributed by atoms with van der Waals surface area (Å²) in [7, 11) is 0. The predicted octanol–water partition coefficient (Wildman–Crippen LogP) is 20.9. The van der Waals surface area contributed by atoms with Crippen LogP contribution < -0.4 is 15.1 Å². The summed E-state index contributed by atoms with van der Waals surface area (Å²) in [5.41, 5.74) is 20.6. The summed E-state index contributed by atoms with van der Waals surface area (Å²) in [6, 6.07) is 113. The van der Waals surface area contributed by atoms with Crippen molar-refractivity contribution in [3.05, 3.63) is 327 Å². The number of anilines is 7. The SMILES string of the molecule is c1ccc(N(c2ccc(C3=Nc4cccc(-c5ccc6ccccc6c5)c4NC3c3ccc(N(c4ccccc4)c4ccc5c(c4)c4ccccc4n5-c4ccccc4)cc3)cc2)c2ccc3c(c2)c2ccccc2n3-c2ccccc2)cc1. The van der Waals surface area contributed by atoms with Crippen LogP contribution in [0.5, 0.6) is 0 Å². The number of hydrogen-bond acceptors (Lipinski definition) is 4. The minimum atomic E-state index is -0.292. The van der Waals surface area contributed by atoms with Gasteiger partial charge in [0.1, 0.15) is 0 Å². The van der Waals surface area contributed by atoms with E-state index in [1.54, 1.807) is 0 Å². The van der Waals surface area contributed by atoms with Crippen molar-refractivity contribution in [3.8, 4) is 22.5 Å². The number of para-hydroxylation sites is 7. The van der Waals surface area contributed by atoms with Crippen LogP contribution in [0.4, 0.5) is 45.5 Å². The van der Waals surface area contributed by atoms with Gasteiger partial charge < -0.3 is 24.3 Å². The Bertz CT molecular complexity index is 4970. The van der Waals surface area contributed by atoms with E-state index < -0.39 is 0 Å². The largest absolute Gasteiger partial charge is 0.370 e. The van der Waals surface area contributed by atoms with Crippen LogP contribution >= 0.6 is 0 Å². The smallest absolute Gasteiger partial charge is 0.0947 e. The molecule has 0 aliphatic carbocycles. The molecule has 0 spiro atoms. The van der Waals surface area contributed by atoms with E-state index in [-0.39, 0.29) is 6.04 Å². The third kappa shape index (κ3) is 8.38. The number of aliphatic imine (C=N–C) groups is 1. The molecular formula is C78H54N6. The Kier molecular flexibility index (Phi) is 11.8. The normalized spacial score (nSPS) is 13.0. The number of nitrogens with zero attached hydrogens (tertiary/aromatic N) is 5. The molecule has 2 aromatic heterocycles. The third-order valence-electron chi connectivity index (χ3n) is 16.7. The minimum Gasteiger partial charge on any atom is -0.370 e. The Morgan fingerprint density at radius 1 is 0.310 bits per heavy atom. The van der Waals surface area contributed by atoms with Crippen LogP contribution in [0, 0.1) is 0 Å². The van der Waals surface area contributed by atoms with Crippen LogP contribution in [0.15, 0.2) is 320 Å². The first-order valence-electron chi connectivity index (χ1n) is 28.7. The fourth-order valence-electron chi connectivity index (χ4n) is 12.8. The lowest BCUT2D eigenvalue weighted by atomic mass is 9.91. The summed E-state index contributed by atoms with van der Waals surface area (Å²) in [6.07, 6.45) is 0. The van der Waals surface area contributed by atoms with E-state index in [4.69, 9.17) is 4.99 Å². The van der Waals surface area contributed by atoms with E-state index in [0.717, 1.165) is 90.4 Å². The molecule has 6 heteroatoms. The first-order valence-corrected chi connectivity index (χ1v) is 28.7. The van der Waals surface area contributed by atoms with Crippen molar-refractivity contribution in [2.45, 2.75) is 6.04 Å². The Balaban J connectivity index is 0.807. The molecule has 0 fully saturated rings. The fourth-order valence-corrected chi connectivity index (χ4v) is 12.8. The molecule has 16 rings (SSSR count). The Hall–Kier alpha value is -11.2. The summed E-state index contributed by atoms with van der Waals surface area (Å²) in [5.74, 6) is 0. The van der Waals surface area contributed by atoms with E-state index >= 15 is 0 Å². The van der Waals surface area contributed by atoms with E-state index in [9.17, 15) is 0 Å². The first-order chi connectivity index (χ1) is 41.7. The second-order valence-electron chi connectivity index (χ2n) is 21.6. The van der Waals surface area contributed by atoms with E-state index in [1.165, 1.54) is 48.9 Å². The Morgan fingerprint density at radius 2 is 0.750 bits per heavy atom. The average Bonchev–Trinajstić information content (AvgIpc) is 4.08. The maximum absolute atomic E-state index is 5.66. The van der Waals surface area contributed by atoms with Crippen LogP contribution in [0.3, 0.4) is 0 Å². The first kappa shape index (κ1) is 48.7. The number of aromatic nitrogens is 2. The number of nitrogens with one attached hydrogen (secondary N) is 1. The number of rotatable bonds is 11. The molecule has 1 aliphatic heterocycles. The van der Waals surface area contributed by atoms with Crippen molar-refractivity contribution in [1.82, 2.24) is 9.13 Å². The molecule has 15 aromatic rings. The molecule has 0 amide bonds. The van der Waals surface area contributed by atoms with Crippen LogP contribution in [-0.2, 0) is 0 Å². The molecule has 3 heterocycles. The predicted molar refractivity (Wildman–Crippen MR) is 353 cm³/mol. The van der Waals surface area contributed by atoms with E-state index in [1.807, 2.05) is 0 Å². The maximum atomic E-state index is 5.66. The van der Waals surface area contributed by atoms with Gasteiger partial charge in [-0.25, -0.2) is 4.99 Å². The van der Waals surface area contributed by atoms with Gasteiger partial charge in [-0.05, 0) is 161 Å². The standard InChI is InChI=1S/C78H54N6/c1-5-22-58(23-6-1)81(64-46-48-74-69(51-64)67-30-15-17-34-72(67)83(74)60-26-9-3-10-27-60)62-42-38-54(39-43-62)76-77(80-78-66(32-19-33-71(78)79-76)57-37-36-53-20-13-14-21-56(53)50-57)55-40-44-63(45-41-55)82(59-24-7-2-8-25-59)65-47-49-75-70(52-65)68-31-16-18-35-73(68)84(75)61-28-11-4-12-29-61/h1-52,77,80H. The van der Waals surface area contributed by atoms with Gasteiger partial charge in [-0.15, -0.1) is 0 Å². The van der Waals surface area contributed by atoms with Gasteiger partial charge >= 0.3 is 0 Å². The van der Waals surface area contributed by atoms with Crippen molar-refractivity contribution >= 4 is 106 Å². The lowest BCUT2D eigenvalue weighted by Crippen LogP contribution is -2.25. The number of benzene rings is 13. The van der Waals surface area contributed by atoms with Crippen LogP contribution in [0.2, 0.25) is 0 Å². The number of hydrogen-bond donors (Lipinski definition) is 1. The topological polar surface area (TPSA) is 40.7 Å². The summed E-state index contributed by atoms with van der Waals surface area (Å²) in [4.78, 5) is 10.4. The molecule has 0 saturated carbocycles. The van der Waals surface area contributed by atoms with Crippen LogP contribution in [-0.4, -0.2) is 14.8 Å². The molecule has 0 radical (unpaired) electrons. The quantitative estimate of drug-likeness (QED) is 0.140. The van der Waals surface area contributed by atoms with E-state index in [2.05, 4.69) is 340 Å². The van der Waals surface area contributed by atoms with Gasteiger partial charge in [0.05, 0.1) is 45.2 Å². The zero-order valence-electron chi connectivity index (χ0n) is 45.8. The molecule has 84 heavy (non-hydrogen) atoms. The lowest BCUT2D eigenvalue weighted by molar-refractivity contribution is 1.01. The average molecular weight is 1080 g/mol. The molecular weight excluding hydrogens is 1020 g/mol. The van der Waals surface area contributed by atoms with Crippen molar-refractivity contribution in [1.29, 1.82) is 0 Å². The highest BCUT2D eigenvalue weighted by atomic mass is 15.2. The highest BCUT2D eigenvalue weighted by Crippen LogP contribution is 2.46. The van der Waals surface area contributed by atoms with Crippen molar-refractivity contribution < 1.29 is 0 Å². The van der Waals surface area contributed by atoms with Gasteiger partial charge in [0.15, 0.2) is 0 Å². The summed E-state index contributed by atoms with van der Waals surface area (Å²) in [5, 5.41) is 11.4. The van der Waals surface area contributed by atoms with Crippen molar-refractivity contribution in [2.24, 2.45) is 4.99 Å². The second-order valence-corrected chi connectivity index (χ2v) is 21.6.